The summed E-state index contributed by atoms with van der Waals surface area (Å²) < 4.78 is 5.96. The number of aromatic nitrogens is 2. The van der Waals surface area contributed by atoms with Gasteiger partial charge in [-0.25, -0.2) is 4.98 Å². The average molecular weight is 370 g/mol. The third kappa shape index (κ3) is 3.32. The number of carbonyl (C=O) groups is 2. The second-order valence-electron chi connectivity index (χ2n) is 6.37. The predicted octanol–water partition coefficient (Wildman–Crippen LogP) is 3.08. The highest BCUT2D eigenvalue weighted by atomic mass is 32.1. The fourth-order valence-corrected chi connectivity index (χ4v) is 4.03. The van der Waals surface area contributed by atoms with Gasteiger partial charge in [0.25, 0.3) is 5.91 Å². The zero-order valence-corrected chi connectivity index (χ0v) is 15.1. The largest absolute Gasteiger partial charge is 0.360 e. The molecule has 0 radical (unpaired) electrons. The summed E-state index contributed by atoms with van der Waals surface area (Å²) in [6.07, 6.45) is 1.25. The molecule has 0 atom stereocenters. The topological polar surface area (TPSA) is 88.3 Å². The van der Waals surface area contributed by atoms with Crippen molar-refractivity contribution in [3.63, 3.8) is 0 Å². The first-order chi connectivity index (χ1) is 12.6. The van der Waals surface area contributed by atoms with Crippen molar-refractivity contribution in [3.8, 4) is 0 Å². The van der Waals surface area contributed by atoms with Crippen LogP contribution in [0.2, 0.25) is 0 Å². The number of nitrogens with zero attached hydrogens (tertiary/aromatic N) is 3. The third-order valence-corrected chi connectivity index (χ3v) is 5.53. The maximum absolute atomic E-state index is 12.7. The summed E-state index contributed by atoms with van der Waals surface area (Å²) in [5.74, 6) is 0.811. The molecule has 1 aromatic carbocycles. The van der Waals surface area contributed by atoms with Crippen LogP contribution in [0.1, 0.15) is 28.4 Å². The normalized spacial score (nSPS) is 15.3. The second-order valence-corrected chi connectivity index (χ2v) is 7.40. The Morgan fingerprint density at radius 1 is 1.27 bits per heavy atom. The first-order valence-electron chi connectivity index (χ1n) is 8.49. The van der Waals surface area contributed by atoms with Crippen molar-refractivity contribution < 1.29 is 14.1 Å². The molecule has 4 rings (SSSR count). The molecule has 1 fully saturated rings. The number of carbonyl (C=O) groups excluding carboxylic acids is 2. The Hall–Kier alpha value is -2.74. The number of hydrogen-bond donors (Lipinski definition) is 1. The highest BCUT2D eigenvalue weighted by molar-refractivity contribution is 7.20. The van der Waals surface area contributed by atoms with Crippen LogP contribution >= 0.6 is 11.3 Å². The molecule has 0 unspecified atom stereocenters. The lowest BCUT2D eigenvalue weighted by Crippen LogP contribution is -2.41. The predicted molar refractivity (Wildman–Crippen MR) is 98.1 cm³/mol. The molecular weight excluding hydrogens is 352 g/mol. The van der Waals surface area contributed by atoms with E-state index in [0.29, 0.717) is 42.5 Å². The van der Waals surface area contributed by atoms with E-state index < -0.39 is 0 Å². The van der Waals surface area contributed by atoms with E-state index in [4.69, 9.17) is 4.52 Å². The van der Waals surface area contributed by atoms with Crippen LogP contribution in [-0.2, 0) is 4.79 Å². The van der Waals surface area contributed by atoms with Gasteiger partial charge in [-0.3, -0.25) is 9.59 Å². The number of aryl methyl sites for hydroxylation is 1. The minimum absolute atomic E-state index is 0.0582. The van der Waals surface area contributed by atoms with Gasteiger partial charge in [-0.05, 0) is 31.9 Å². The number of likely N-dealkylation sites (tertiary alicyclic amines) is 1. The number of piperidine rings is 1. The molecule has 3 aromatic rings. The van der Waals surface area contributed by atoms with Crippen LogP contribution in [0.4, 0.5) is 5.82 Å². The molecule has 7 nitrogen and oxygen atoms in total. The van der Waals surface area contributed by atoms with Crippen molar-refractivity contribution in [2.45, 2.75) is 19.8 Å². The van der Waals surface area contributed by atoms with Crippen LogP contribution in [0, 0.1) is 12.8 Å². The molecule has 0 spiro atoms. The van der Waals surface area contributed by atoms with Crippen LogP contribution in [0.15, 0.2) is 34.9 Å². The maximum Gasteiger partial charge on any atom is 0.282 e. The van der Waals surface area contributed by atoms with Gasteiger partial charge in [-0.15, -0.1) is 11.3 Å². The number of benzene rings is 1. The Balaban J connectivity index is 1.36. The zero-order chi connectivity index (χ0) is 18.1. The standard InChI is InChI=1S/C18H18N4O3S/c1-11-10-15(21-25-11)20-16(23)12-6-8-22(9-7-12)18(24)17-19-13-4-2-3-5-14(13)26-17/h2-5,10,12H,6-9H2,1H3,(H,20,21,23). The summed E-state index contributed by atoms with van der Waals surface area (Å²) in [5, 5.41) is 7.05. The van der Waals surface area contributed by atoms with Crippen molar-refractivity contribution in [1.29, 1.82) is 0 Å². The number of anilines is 1. The number of nitrogens with one attached hydrogen (secondary N) is 1. The smallest absolute Gasteiger partial charge is 0.282 e. The molecule has 134 valence electrons. The van der Waals surface area contributed by atoms with Crippen LogP contribution in [0.3, 0.4) is 0 Å². The molecule has 0 aliphatic carbocycles. The first kappa shape index (κ1) is 16.7. The van der Waals surface area contributed by atoms with Gasteiger partial charge in [0.2, 0.25) is 5.91 Å². The second kappa shape index (κ2) is 6.87. The molecule has 0 bridgehead atoms. The van der Waals surface area contributed by atoms with Gasteiger partial charge >= 0.3 is 0 Å². The third-order valence-electron chi connectivity index (χ3n) is 4.51. The van der Waals surface area contributed by atoms with Gasteiger partial charge in [-0.2, -0.15) is 0 Å². The molecule has 1 aliphatic rings. The van der Waals surface area contributed by atoms with Crippen molar-refractivity contribution in [3.05, 3.63) is 41.1 Å². The van der Waals surface area contributed by atoms with Crippen LogP contribution in [0.5, 0.6) is 0 Å². The van der Waals surface area contributed by atoms with E-state index in [2.05, 4.69) is 15.5 Å². The number of hydrogen-bond acceptors (Lipinski definition) is 6. The Morgan fingerprint density at radius 2 is 2.04 bits per heavy atom. The SMILES string of the molecule is Cc1cc(NC(=O)C2CCN(C(=O)c3nc4ccccc4s3)CC2)no1. The molecule has 1 saturated heterocycles. The molecule has 0 saturated carbocycles. The minimum atomic E-state index is -0.133. The fourth-order valence-electron chi connectivity index (χ4n) is 3.10. The Kier molecular flexibility index (Phi) is 4.42. The Morgan fingerprint density at radius 3 is 2.73 bits per heavy atom. The van der Waals surface area contributed by atoms with Gasteiger partial charge in [-0.1, -0.05) is 17.3 Å². The minimum Gasteiger partial charge on any atom is -0.360 e. The lowest BCUT2D eigenvalue weighted by atomic mass is 9.96. The van der Waals surface area contributed by atoms with E-state index in [0.717, 1.165) is 10.2 Å². The molecule has 26 heavy (non-hydrogen) atoms. The fraction of sp³-hybridized carbons (Fsp3) is 0.333. The summed E-state index contributed by atoms with van der Waals surface area (Å²) >= 11 is 1.41. The highest BCUT2D eigenvalue weighted by Gasteiger charge is 2.29. The zero-order valence-electron chi connectivity index (χ0n) is 14.3. The van der Waals surface area contributed by atoms with E-state index in [1.807, 2.05) is 24.3 Å². The maximum atomic E-state index is 12.7. The van der Waals surface area contributed by atoms with Crippen LogP contribution in [-0.4, -0.2) is 39.9 Å². The lowest BCUT2D eigenvalue weighted by Gasteiger charge is -2.30. The first-order valence-corrected chi connectivity index (χ1v) is 9.31. The van der Waals surface area contributed by atoms with Crippen molar-refractivity contribution in [1.82, 2.24) is 15.0 Å². The Bertz CT molecular complexity index is 923. The molecule has 8 heteroatoms. The summed E-state index contributed by atoms with van der Waals surface area (Å²) in [5.41, 5.74) is 0.845. The van der Waals surface area contributed by atoms with Gasteiger partial charge in [0.1, 0.15) is 5.76 Å². The monoisotopic (exact) mass is 370 g/mol. The van der Waals surface area contributed by atoms with Gasteiger partial charge < -0.3 is 14.7 Å². The average Bonchev–Trinajstić information content (AvgIpc) is 3.27. The number of amides is 2. The van der Waals surface area contributed by atoms with Gasteiger partial charge in [0.05, 0.1) is 10.2 Å². The van der Waals surface area contributed by atoms with Crippen LogP contribution in [0.25, 0.3) is 10.2 Å². The number of fused-ring (bicyclic) bond motifs is 1. The summed E-state index contributed by atoms with van der Waals surface area (Å²) in [6.45, 7) is 2.87. The molecule has 2 aromatic heterocycles. The molecule has 1 N–H and O–H groups in total. The van der Waals surface area contributed by atoms with Gasteiger partial charge in [0, 0.05) is 25.1 Å². The number of para-hydroxylation sites is 1. The van der Waals surface area contributed by atoms with Crippen molar-refractivity contribution in [2.24, 2.45) is 5.92 Å². The van der Waals surface area contributed by atoms with Crippen molar-refractivity contribution in [2.75, 3.05) is 18.4 Å². The van der Waals surface area contributed by atoms with E-state index in [-0.39, 0.29) is 17.7 Å². The molecular formula is C18H18N4O3S. The highest BCUT2D eigenvalue weighted by Crippen LogP contribution is 2.25. The number of thiazole rings is 1. The van der Waals surface area contributed by atoms with E-state index in [9.17, 15) is 9.59 Å². The quantitative estimate of drug-likeness (QED) is 0.765. The molecule has 2 amide bonds. The van der Waals surface area contributed by atoms with Crippen LogP contribution < -0.4 is 5.32 Å². The van der Waals surface area contributed by atoms with E-state index in [1.54, 1.807) is 17.9 Å². The molecule has 1 aliphatic heterocycles. The summed E-state index contributed by atoms with van der Waals surface area (Å²) in [4.78, 5) is 31.2. The van der Waals surface area contributed by atoms with E-state index >= 15 is 0 Å². The molecule has 3 heterocycles. The number of rotatable bonds is 3. The summed E-state index contributed by atoms with van der Waals surface area (Å²) in [6, 6.07) is 9.41. The van der Waals surface area contributed by atoms with E-state index in [1.165, 1.54) is 11.3 Å². The Labute approximate surface area is 154 Å². The lowest BCUT2D eigenvalue weighted by molar-refractivity contribution is -0.121. The van der Waals surface area contributed by atoms with Crippen molar-refractivity contribution >= 4 is 39.2 Å². The van der Waals surface area contributed by atoms with Gasteiger partial charge in [0.15, 0.2) is 10.8 Å². The summed E-state index contributed by atoms with van der Waals surface area (Å²) in [7, 11) is 0.